The average molecular weight is 302 g/mol. The molecule has 1 saturated heterocycles. The third-order valence-electron chi connectivity index (χ3n) is 3.78. The van der Waals surface area contributed by atoms with Gasteiger partial charge in [-0.05, 0) is 26.7 Å². The van der Waals surface area contributed by atoms with Crippen molar-refractivity contribution in [1.29, 1.82) is 0 Å². The molecule has 0 spiro atoms. The Labute approximate surface area is 126 Å². The average Bonchev–Trinajstić information content (AvgIpc) is 2.69. The van der Waals surface area contributed by atoms with Gasteiger partial charge in [-0.15, -0.1) is 12.4 Å². The summed E-state index contributed by atoms with van der Waals surface area (Å²) in [5, 5.41) is 7.31. The highest BCUT2D eigenvalue weighted by molar-refractivity contribution is 5.85. The van der Waals surface area contributed by atoms with Crippen LogP contribution < -0.4 is 5.32 Å². The molecule has 1 amide bonds. The van der Waals surface area contributed by atoms with Crippen LogP contribution in [0.4, 0.5) is 0 Å². The van der Waals surface area contributed by atoms with Crippen molar-refractivity contribution in [3.05, 3.63) is 17.0 Å². The number of hydrogen-bond donors (Lipinski definition) is 1. The van der Waals surface area contributed by atoms with Gasteiger partial charge >= 0.3 is 0 Å². The lowest BCUT2D eigenvalue weighted by Gasteiger charge is -2.32. The monoisotopic (exact) mass is 301 g/mol. The summed E-state index contributed by atoms with van der Waals surface area (Å²) in [6.07, 6.45) is 0.523. The summed E-state index contributed by atoms with van der Waals surface area (Å²) in [7, 11) is 0. The maximum atomic E-state index is 12.3. The molecule has 1 unspecified atom stereocenters. The Morgan fingerprint density at radius 2 is 2.25 bits per heavy atom. The fourth-order valence-electron chi connectivity index (χ4n) is 2.85. The number of nitrogens with zero attached hydrogens (tertiary/aromatic N) is 2. The van der Waals surface area contributed by atoms with Crippen molar-refractivity contribution in [3.63, 3.8) is 0 Å². The molecule has 5 nitrogen and oxygen atoms in total. The minimum absolute atomic E-state index is 0. The molecule has 1 aliphatic heterocycles. The maximum Gasteiger partial charge on any atom is 0.223 e. The molecule has 1 aliphatic rings. The van der Waals surface area contributed by atoms with Crippen molar-refractivity contribution in [1.82, 2.24) is 15.4 Å². The normalized spacial score (nSPS) is 20.4. The molecule has 2 atom stereocenters. The second-order valence-corrected chi connectivity index (χ2v) is 5.54. The molecule has 114 valence electrons. The predicted octanol–water partition coefficient (Wildman–Crippen LogP) is 2.03. The highest BCUT2D eigenvalue weighted by Crippen LogP contribution is 2.26. The molecule has 1 fully saturated rings. The zero-order chi connectivity index (χ0) is 14.0. The molecular formula is C14H24ClN3O2. The topological polar surface area (TPSA) is 58.4 Å². The molecular weight excluding hydrogens is 278 g/mol. The van der Waals surface area contributed by atoms with Crippen molar-refractivity contribution in [2.24, 2.45) is 0 Å². The van der Waals surface area contributed by atoms with Crippen molar-refractivity contribution >= 4 is 18.3 Å². The fraction of sp³-hybridized carbons (Fsp3) is 0.714. The standard InChI is InChI=1S/C14H23N3O2.ClH/c1-9(14-11(3)16-19-12(14)4)7-13(18)17-6-5-15-10(2)8-17;/h9-10,15H,5-8H2,1-4H3;1H/t9?,10-;/m1./s1. The molecule has 2 heterocycles. The maximum absolute atomic E-state index is 12.3. The van der Waals surface area contributed by atoms with Crippen LogP contribution in [0.5, 0.6) is 0 Å². The van der Waals surface area contributed by atoms with E-state index >= 15 is 0 Å². The number of aryl methyl sites for hydroxylation is 2. The Morgan fingerprint density at radius 3 is 2.80 bits per heavy atom. The van der Waals surface area contributed by atoms with Crippen LogP contribution in [0.3, 0.4) is 0 Å². The van der Waals surface area contributed by atoms with E-state index in [9.17, 15) is 4.79 Å². The fourth-order valence-corrected chi connectivity index (χ4v) is 2.85. The van der Waals surface area contributed by atoms with Crippen LogP contribution in [-0.2, 0) is 4.79 Å². The van der Waals surface area contributed by atoms with Crippen molar-refractivity contribution in [2.75, 3.05) is 19.6 Å². The Morgan fingerprint density at radius 1 is 1.55 bits per heavy atom. The number of aromatic nitrogens is 1. The minimum atomic E-state index is 0. The zero-order valence-corrected chi connectivity index (χ0v) is 13.4. The second-order valence-electron chi connectivity index (χ2n) is 5.54. The molecule has 6 heteroatoms. The van der Waals surface area contributed by atoms with E-state index in [1.807, 2.05) is 18.7 Å². The summed E-state index contributed by atoms with van der Waals surface area (Å²) < 4.78 is 5.18. The van der Waals surface area contributed by atoms with Gasteiger partial charge in [0.15, 0.2) is 0 Å². The van der Waals surface area contributed by atoms with Crippen LogP contribution in [0.2, 0.25) is 0 Å². The highest BCUT2D eigenvalue weighted by atomic mass is 35.5. The first-order valence-corrected chi connectivity index (χ1v) is 6.93. The summed E-state index contributed by atoms with van der Waals surface area (Å²) in [4.78, 5) is 14.3. The lowest BCUT2D eigenvalue weighted by atomic mass is 9.95. The number of carbonyl (C=O) groups excluding carboxylic acids is 1. The van der Waals surface area contributed by atoms with Gasteiger partial charge < -0.3 is 14.7 Å². The quantitative estimate of drug-likeness (QED) is 0.928. The molecule has 0 saturated carbocycles. The van der Waals surface area contributed by atoms with E-state index in [4.69, 9.17) is 4.52 Å². The second kappa shape index (κ2) is 7.09. The summed E-state index contributed by atoms with van der Waals surface area (Å²) in [6.45, 7) is 10.5. The van der Waals surface area contributed by atoms with Gasteiger partial charge in [0, 0.05) is 37.7 Å². The molecule has 1 N–H and O–H groups in total. The molecule has 0 aliphatic carbocycles. The lowest BCUT2D eigenvalue weighted by molar-refractivity contribution is -0.132. The first-order valence-electron chi connectivity index (χ1n) is 6.93. The SMILES string of the molecule is Cc1noc(C)c1C(C)CC(=O)N1CCN[C@H](C)C1.Cl. The van der Waals surface area contributed by atoms with E-state index in [0.29, 0.717) is 12.5 Å². The number of carbonyl (C=O) groups is 1. The number of hydrogen-bond acceptors (Lipinski definition) is 4. The summed E-state index contributed by atoms with van der Waals surface area (Å²) in [5.74, 6) is 1.20. The van der Waals surface area contributed by atoms with Crippen LogP contribution in [0.25, 0.3) is 0 Å². The van der Waals surface area contributed by atoms with Crippen molar-refractivity contribution in [2.45, 2.75) is 46.1 Å². The molecule has 1 aromatic heterocycles. The van der Waals surface area contributed by atoms with Gasteiger partial charge in [-0.3, -0.25) is 4.79 Å². The Bertz CT molecular complexity index is 442. The van der Waals surface area contributed by atoms with E-state index < -0.39 is 0 Å². The number of amides is 1. The Balaban J connectivity index is 0.00000200. The van der Waals surface area contributed by atoms with Crippen LogP contribution in [-0.4, -0.2) is 41.6 Å². The largest absolute Gasteiger partial charge is 0.361 e. The molecule has 0 aromatic carbocycles. The van der Waals surface area contributed by atoms with E-state index in [0.717, 1.165) is 36.7 Å². The lowest BCUT2D eigenvalue weighted by Crippen LogP contribution is -2.51. The minimum Gasteiger partial charge on any atom is -0.361 e. The Hall–Kier alpha value is -1.07. The number of piperazine rings is 1. The molecule has 0 radical (unpaired) electrons. The smallest absolute Gasteiger partial charge is 0.223 e. The molecule has 1 aromatic rings. The highest BCUT2D eigenvalue weighted by Gasteiger charge is 2.24. The van der Waals surface area contributed by atoms with Gasteiger partial charge in [-0.25, -0.2) is 0 Å². The third-order valence-corrected chi connectivity index (χ3v) is 3.78. The molecule has 20 heavy (non-hydrogen) atoms. The van der Waals surface area contributed by atoms with Crippen LogP contribution in [0.15, 0.2) is 4.52 Å². The van der Waals surface area contributed by atoms with E-state index in [2.05, 4.69) is 24.3 Å². The Kier molecular flexibility index (Phi) is 6.02. The van der Waals surface area contributed by atoms with Gasteiger partial charge in [-0.1, -0.05) is 12.1 Å². The number of halogens is 1. The van der Waals surface area contributed by atoms with Crippen LogP contribution in [0, 0.1) is 13.8 Å². The summed E-state index contributed by atoms with van der Waals surface area (Å²) >= 11 is 0. The summed E-state index contributed by atoms with van der Waals surface area (Å²) in [6, 6.07) is 0.382. The van der Waals surface area contributed by atoms with E-state index in [-0.39, 0.29) is 24.2 Å². The molecule has 0 bridgehead atoms. The van der Waals surface area contributed by atoms with Gasteiger partial charge in [0.2, 0.25) is 5.91 Å². The predicted molar refractivity (Wildman–Crippen MR) is 80.3 cm³/mol. The van der Waals surface area contributed by atoms with Gasteiger partial charge in [-0.2, -0.15) is 0 Å². The number of rotatable bonds is 3. The van der Waals surface area contributed by atoms with Gasteiger partial charge in [0.1, 0.15) is 5.76 Å². The van der Waals surface area contributed by atoms with E-state index in [1.54, 1.807) is 0 Å². The summed E-state index contributed by atoms with van der Waals surface area (Å²) in [5.41, 5.74) is 1.98. The van der Waals surface area contributed by atoms with Crippen molar-refractivity contribution < 1.29 is 9.32 Å². The first-order chi connectivity index (χ1) is 8.99. The van der Waals surface area contributed by atoms with Gasteiger partial charge in [0.25, 0.3) is 0 Å². The molecule has 2 rings (SSSR count). The zero-order valence-electron chi connectivity index (χ0n) is 12.6. The van der Waals surface area contributed by atoms with Gasteiger partial charge in [0.05, 0.1) is 5.69 Å². The third kappa shape index (κ3) is 3.73. The number of nitrogens with one attached hydrogen (secondary N) is 1. The first kappa shape index (κ1) is 17.0. The van der Waals surface area contributed by atoms with Crippen LogP contribution in [0.1, 0.15) is 43.2 Å². The van der Waals surface area contributed by atoms with Crippen molar-refractivity contribution in [3.8, 4) is 0 Å². The van der Waals surface area contributed by atoms with Crippen LogP contribution >= 0.6 is 12.4 Å². The van der Waals surface area contributed by atoms with E-state index in [1.165, 1.54) is 0 Å².